The number of nitrogens with one attached hydrogen (secondary N) is 3. The zero-order valence-electron chi connectivity index (χ0n) is 17.9. The molecule has 0 aromatic carbocycles. The molecule has 180 valence electrons. The first kappa shape index (κ1) is 23.1. The van der Waals surface area contributed by atoms with Crippen LogP contribution in [0.4, 0.5) is 8.78 Å². The van der Waals surface area contributed by atoms with Crippen LogP contribution in [0, 0.1) is 23.2 Å². The number of fused-ring (bicyclic) bond motifs is 4. The fourth-order valence-corrected chi connectivity index (χ4v) is 6.64. The van der Waals surface area contributed by atoms with Crippen molar-refractivity contribution in [2.75, 3.05) is 6.54 Å². The van der Waals surface area contributed by atoms with Crippen molar-refractivity contribution in [3.05, 3.63) is 22.2 Å². The van der Waals surface area contributed by atoms with Gasteiger partial charge < -0.3 is 20.5 Å². The van der Waals surface area contributed by atoms with Crippen molar-refractivity contribution in [2.45, 2.75) is 56.2 Å². The number of hydrogen-bond donors (Lipinski definition) is 3. The fraction of sp³-hybridized carbons (Fsp3) is 0.545. The predicted octanol–water partition coefficient (Wildman–Crippen LogP) is 3.05. The number of thiophene rings is 1. The molecule has 0 radical (unpaired) electrons. The lowest BCUT2D eigenvalue weighted by molar-refractivity contribution is -0.179. The molecule has 2 aromatic rings. The molecule has 4 fully saturated rings. The molecular formula is C22H22ClF2N5O3S. The lowest BCUT2D eigenvalue weighted by atomic mass is 9.71. The maximum absolute atomic E-state index is 14.9. The lowest BCUT2D eigenvalue weighted by Crippen LogP contribution is -2.68. The van der Waals surface area contributed by atoms with Crippen LogP contribution in [0.1, 0.15) is 42.6 Å². The molecule has 0 spiro atoms. The second kappa shape index (κ2) is 8.50. The van der Waals surface area contributed by atoms with E-state index in [1.165, 1.54) is 16.2 Å². The van der Waals surface area contributed by atoms with Gasteiger partial charge in [0, 0.05) is 30.3 Å². The fourth-order valence-electron chi connectivity index (χ4n) is 5.49. The van der Waals surface area contributed by atoms with E-state index in [2.05, 4.69) is 15.6 Å². The van der Waals surface area contributed by atoms with E-state index >= 15 is 0 Å². The van der Waals surface area contributed by atoms with Gasteiger partial charge in [-0.2, -0.15) is 5.26 Å². The third kappa shape index (κ3) is 3.82. The average molecular weight is 510 g/mol. The first-order valence-corrected chi connectivity index (χ1v) is 12.4. The van der Waals surface area contributed by atoms with Crippen LogP contribution in [0.25, 0.3) is 10.2 Å². The maximum atomic E-state index is 14.9. The number of aromatic nitrogens is 1. The van der Waals surface area contributed by atoms with Crippen molar-refractivity contribution in [1.29, 1.82) is 5.26 Å². The van der Waals surface area contributed by atoms with E-state index in [4.69, 9.17) is 11.6 Å². The number of rotatable bonds is 5. The summed E-state index contributed by atoms with van der Waals surface area (Å²) in [6, 6.07) is 0.323. The Balaban J connectivity index is 1.42. The molecule has 5 atom stereocenters. The third-order valence-corrected chi connectivity index (χ3v) is 8.49. The third-order valence-electron chi connectivity index (χ3n) is 7.13. The van der Waals surface area contributed by atoms with Gasteiger partial charge in [0.1, 0.15) is 17.8 Å². The molecule has 6 rings (SSSR count). The minimum Gasteiger partial charge on any atom is -0.356 e. The summed E-state index contributed by atoms with van der Waals surface area (Å²) in [6.07, 6.45) is 0.594. The Morgan fingerprint density at radius 2 is 2.18 bits per heavy atom. The highest BCUT2D eigenvalue weighted by atomic mass is 35.5. The Morgan fingerprint density at radius 1 is 1.38 bits per heavy atom. The Labute approximate surface area is 202 Å². The summed E-state index contributed by atoms with van der Waals surface area (Å²) in [6.45, 7) is 0.494. The van der Waals surface area contributed by atoms with Gasteiger partial charge in [0.2, 0.25) is 11.8 Å². The molecule has 4 aliphatic rings. The summed E-state index contributed by atoms with van der Waals surface area (Å²) >= 11 is 7.49. The predicted molar refractivity (Wildman–Crippen MR) is 120 cm³/mol. The van der Waals surface area contributed by atoms with Gasteiger partial charge in [-0.05, 0) is 31.7 Å². The molecule has 0 unspecified atom stereocenters. The standard InChI is InChI=1S/C22H22ClF2N5O3S/c23-14-9-34-16-6-15(29-17(14)16)21(33)30-12-1-2-13(22(24,25)7-12)18(30)20(32)28-11(8-26)5-10-3-4-27-19(10)31/h6,9-13,18,29H,1-5,7H2,(H,27,31)(H,28,32)/t10-,11-,12+,13+,18+/m1/s1. The van der Waals surface area contributed by atoms with E-state index in [1.54, 1.807) is 11.4 Å². The quantitative estimate of drug-likeness (QED) is 0.574. The lowest BCUT2D eigenvalue weighted by Gasteiger charge is -2.53. The highest BCUT2D eigenvalue weighted by molar-refractivity contribution is 7.17. The second-order valence-electron chi connectivity index (χ2n) is 9.17. The molecule has 3 amide bonds. The number of halogens is 3. The summed E-state index contributed by atoms with van der Waals surface area (Å²) in [5, 5.41) is 16.9. The van der Waals surface area contributed by atoms with Crippen molar-refractivity contribution >= 4 is 50.9 Å². The molecule has 5 heterocycles. The molecule has 34 heavy (non-hydrogen) atoms. The number of nitrogens with zero attached hydrogens (tertiary/aromatic N) is 2. The molecule has 12 heteroatoms. The van der Waals surface area contributed by atoms with Crippen LogP contribution < -0.4 is 10.6 Å². The van der Waals surface area contributed by atoms with E-state index < -0.39 is 54.1 Å². The van der Waals surface area contributed by atoms with E-state index in [1.807, 2.05) is 6.07 Å². The van der Waals surface area contributed by atoms with Crippen molar-refractivity contribution < 1.29 is 23.2 Å². The Morgan fingerprint density at radius 3 is 2.82 bits per heavy atom. The zero-order valence-corrected chi connectivity index (χ0v) is 19.5. The summed E-state index contributed by atoms with van der Waals surface area (Å²) in [5.74, 6) is -6.42. The van der Waals surface area contributed by atoms with Crippen LogP contribution in [0.2, 0.25) is 5.02 Å². The van der Waals surface area contributed by atoms with Crippen LogP contribution in [0.15, 0.2) is 11.4 Å². The summed E-state index contributed by atoms with van der Waals surface area (Å²) in [4.78, 5) is 42.9. The molecule has 1 saturated carbocycles. The van der Waals surface area contributed by atoms with Crippen LogP contribution in [0.5, 0.6) is 0 Å². The van der Waals surface area contributed by atoms with Gasteiger partial charge >= 0.3 is 0 Å². The second-order valence-corrected chi connectivity index (χ2v) is 10.5. The number of carbonyl (C=O) groups is 3. The van der Waals surface area contributed by atoms with Gasteiger partial charge in [0.25, 0.3) is 11.8 Å². The number of carbonyl (C=O) groups excluding carboxylic acids is 3. The van der Waals surface area contributed by atoms with Crippen molar-refractivity contribution in [3.8, 4) is 6.07 Å². The van der Waals surface area contributed by atoms with Crippen molar-refractivity contribution in [1.82, 2.24) is 20.5 Å². The maximum Gasteiger partial charge on any atom is 0.271 e. The van der Waals surface area contributed by atoms with Gasteiger partial charge in [-0.25, -0.2) is 8.78 Å². The van der Waals surface area contributed by atoms with Crippen LogP contribution in [0.3, 0.4) is 0 Å². The molecule has 2 aromatic heterocycles. The normalized spacial score (nSPS) is 28.5. The van der Waals surface area contributed by atoms with Gasteiger partial charge in [-0.15, -0.1) is 11.3 Å². The Kier molecular flexibility index (Phi) is 5.76. The van der Waals surface area contributed by atoms with E-state index in [0.29, 0.717) is 29.9 Å². The van der Waals surface area contributed by atoms with Crippen LogP contribution in [-0.2, 0) is 9.59 Å². The van der Waals surface area contributed by atoms with Gasteiger partial charge in [0.05, 0.1) is 27.2 Å². The number of nitriles is 1. The largest absolute Gasteiger partial charge is 0.356 e. The monoisotopic (exact) mass is 509 g/mol. The number of H-pyrrole nitrogens is 1. The molecule has 3 aliphatic heterocycles. The molecule has 1 aliphatic carbocycles. The van der Waals surface area contributed by atoms with Crippen molar-refractivity contribution in [2.24, 2.45) is 11.8 Å². The van der Waals surface area contributed by atoms with E-state index in [9.17, 15) is 28.4 Å². The molecule has 3 N–H and O–H groups in total. The van der Waals surface area contributed by atoms with Crippen molar-refractivity contribution in [3.63, 3.8) is 0 Å². The highest BCUT2D eigenvalue weighted by Crippen LogP contribution is 2.49. The first-order chi connectivity index (χ1) is 16.2. The minimum absolute atomic E-state index is 0.0879. The van der Waals surface area contributed by atoms with Gasteiger partial charge in [-0.1, -0.05) is 11.6 Å². The first-order valence-electron chi connectivity index (χ1n) is 11.1. The zero-order chi connectivity index (χ0) is 24.2. The van der Waals surface area contributed by atoms with Gasteiger partial charge in [-0.3, -0.25) is 14.4 Å². The minimum atomic E-state index is -3.10. The topological polar surface area (TPSA) is 118 Å². The molecular weight excluding hydrogens is 488 g/mol. The Bertz CT molecular complexity index is 1210. The number of piperidine rings is 2. The number of alkyl halides is 2. The SMILES string of the molecule is N#C[C@@H](C[C@H]1CCNC1=O)NC(=O)[C@@H]1[C@@H]2CC[C@@H](CC2(F)F)N1C(=O)c1cc2scc(Cl)c2[nH]1. The molecule has 2 bridgehead atoms. The number of aromatic amines is 1. The summed E-state index contributed by atoms with van der Waals surface area (Å²) < 4.78 is 30.5. The number of amides is 3. The van der Waals surface area contributed by atoms with Crippen LogP contribution in [-0.4, -0.2) is 58.2 Å². The van der Waals surface area contributed by atoms with E-state index in [-0.39, 0.29) is 24.4 Å². The summed E-state index contributed by atoms with van der Waals surface area (Å²) in [7, 11) is 0. The smallest absolute Gasteiger partial charge is 0.271 e. The van der Waals surface area contributed by atoms with Gasteiger partial charge in [0.15, 0.2) is 0 Å². The van der Waals surface area contributed by atoms with Crippen LogP contribution >= 0.6 is 22.9 Å². The highest BCUT2D eigenvalue weighted by Gasteiger charge is 2.60. The Hall–Kier alpha value is -2.71. The summed E-state index contributed by atoms with van der Waals surface area (Å²) in [5.41, 5.74) is 0.764. The average Bonchev–Trinajstić information content (AvgIpc) is 3.49. The number of hydrogen-bond acceptors (Lipinski definition) is 5. The molecule has 3 saturated heterocycles. The molecule has 8 nitrogen and oxygen atoms in total. The van der Waals surface area contributed by atoms with E-state index in [0.717, 1.165) is 4.70 Å².